The average Bonchev–Trinajstić information content (AvgIpc) is 3.19. The Morgan fingerprint density at radius 1 is 1.33 bits per heavy atom. The van der Waals surface area contributed by atoms with Crippen LogP contribution in [0.2, 0.25) is 0 Å². The number of carbonyl (C=O) groups excluding carboxylic acids is 2. The number of methoxy groups -OCH3 is 2. The molecule has 2 unspecified atom stereocenters. The number of ether oxygens (including phenoxy) is 2. The van der Waals surface area contributed by atoms with Gasteiger partial charge in [-0.15, -0.1) is 0 Å². The third-order valence-corrected chi connectivity index (χ3v) is 2.98. The van der Waals surface area contributed by atoms with Gasteiger partial charge in [0.2, 0.25) is 5.91 Å². The third kappa shape index (κ3) is 4.62. The van der Waals surface area contributed by atoms with E-state index in [9.17, 15) is 9.59 Å². The molecule has 1 fully saturated rings. The van der Waals surface area contributed by atoms with Crippen LogP contribution in [0.25, 0.3) is 0 Å². The zero-order valence-electron chi connectivity index (χ0n) is 11.2. The molecule has 6 heteroatoms. The third-order valence-electron chi connectivity index (χ3n) is 2.98. The van der Waals surface area contributed by atoms with E-state index >= 15 is 0 Å². The van der Waals surface area contributed by atoms with E-state index in [2.05, 4.69) is 10.6 Å². The minimum Gasteiger partial charge on any atom is -0.468 e. The van der Waals surface area contributed by atoms with Gasteiger partial charge in [-0.05, 0) is 25.7 Å². The van der Waals surface area contributed by atoms with Crippen LogP contribution in [0.3, 0.4) is 0 Å². The first-order valence-electron chi connectivity index (χ1n) is 6.20. The summed E-state index contributed by atoms with van der Waals surface area (Å²) in [5, 5.41) is 5.76. The Morgan fingerprint density at radius 3 is 2.50 bits per heavy atom. The maximum atomic E-state index is 11.7. The van der Waals surface area contributed by atoms with E-state index in [1.54, 1.807) is 14.0 Å². The van der Waals surface area contributed by atoms with Gasteiger partial charge in [-0.2, -0.15) is 0 Å². The van der Waals surface area contributed by atoms with E-state index in [-0.39, 0.29) is 17.9 Å². The molecule has 18 heavy (non-hydrogen) atoms. The molecule has 1 rings (SSSR count). The van der Waals surface area contributed by atoms with Crippen LogP contribution in [0, 0.1) is 5.92 Å². The lowest BCUT2D eigenvalue weighted by Gasteiger charge is -2.20. The zero-order chi connectivity index (χ0) is 13.5. The minimum atomic E-state index is -0.424. The predicted octanol–water partition coefficient (Wildman–Crippen LogP) is -0.321. The SMILES string of the molecule is COCCNC(=O)C(C)NC(C(=O)OC)C1CC1. The number of nitrogens with one attached hydrogen (secondary N) is 2. The van der Waals surface area contributed by atoms with Gasteiger partial charge < -0.3 is 14.8 Å². The van der Waals surface area contributed by atoms with E-state index in [1.807, 2.05) is 0 Å². The standard InChI is InChI=1S/C12H22N2O4/c1-8(11(15)13-6-7-17-2)14-10(9-4-5-9)12(16)18-3/h8-10,14H,4-7H2,1-3H3,(H,13,15). The minimum absolute atomic E-state index is 0.137. The molecule has 0 saturated heterocycles. The van der Waals surface area contributed by atoms with Gasteiger partial charge in [-0.3, -0.25) is 14.9 Å². The summed E-state index contributed by atoms with van der Waals surface area (Å²) in [6.45, 7) is 2.68. The summed E-state index contributed by atoms with van der Waals surface area (Å²) in [6.07, 6.45) is 2.01. The maximum Gasteiger partial charge on any atom is 0.323 e. The molecule has 1 saturated carbocycles. The van der Waals surface area contributed by atoms with Crippen molar-refractivity contribution < 1.29 is 19.1 Å². The van der Waals surface area contributed by atoms with Crippen LogP contribution < -0.4 is 10.6 Å². The second-order valence-electron chi connectivity index (χ2n) is 4.51. The van der Waals surface area contributed by atoms with Crippen LogP contribution in [0.5, 0.6) is 0 Å². The monoisotopic (exact) mass is 258 g/mol. The van der Waals surface area contributed by atoms with Crippen LogP contribution in [0.4, 0.5) is 0 Å². The number of rotatable bonds is 8. The topological polar surface area (TPSA) is 76.7 Å². The van der Waals surface area contributed by atoms with E-state index in [1.165, 1.54) is 7.11 Å². The van der Waals surface area contributed by atoms with Crippen molar-refractivity contribution in [3.05, 3.63) is 0 Å². The highest BCUT2D eigenvalue weighted by Crippen LogP contribution is 2.33. The Bertz CT molecular complexity index is 292. The molecule has 2 N–H and O–H groups in total. The first kappa shape index (κ1) is 14.9. The fourth-order valence-electron chi connectivity index (χ4n) is 1.73. The number of hydrogen-bond acceptors (Lipinski definition) is 5. The number of amides is 1. The van der Waals surface area contributed by atoms with Gasteiger partial charge in [0.15, 0.2) is 0 Å². The van der Waals surface area contributed by atoms with Gasteiger partial charge in [0, 0.05) is 13.7 Å². The fourth-order valence-corrected chi connectivity index (χ4v) is 1.73. The molecular weight excluding hydrogens is 236 g/mol. The fraction of sp³-hybridized carbons (Fsp3) is 0.833. The first-order chi connectivity index (χ1) is 8.60. The molecule has 0 aromatic rings. The van der Waals surface area contributed by atoms with Crippen molar-refractivity contribution in [2.24, 2.45) is 5.92 Å². The Labute approximate surface area is 107 Å². The number of hydrogen-bond donors (Lipinski definition) is 2. The van der Waals surface area contributed by atoms with Gasteiger partial charge in [-0.1, -0.05) is 0 Å². The molecule has 1 aliphatic carbocycles. The van der Waals surface area contributed by atoms with Crippen molar-refractivity contribution in [3.63, 3.8) is 0 Å². The molecule has 6 nitrogen and oxygen atoms in total. The lowest BCUT2D eigenvalue weighted by molar-refractivity contribution is -0.144. The van der Waals surface area contributed by atoms with Crippen LogP contribution in [-0.4, -0.2) is 51.3 Å². The van der Waals surface area contributed by atoms with Crippen LogP contribution in [0.15, 0.2) is 0 Å². The van der Waals surface area contributed by atoms with Crippen molar-refractivity contribution in [3.8, 4) is 0 Å². The first-order valence-corrected chi connectivity index (χ1v) is 6.20. The largest absolute Gasteiger partial charge is 0.468 e. The molecule has 1 aliphatic rings. The smallest absolute Gasteiger partial charge is 0.323 e. The van der Waals surface area contributed by atoms with Crippen molar-refractivity contribution >= 4 is 11.9 Å². The summed E-state index contributed by atoms with van der Waals surface area (Å²) in [7, 11) is 2.94. The van der Waals surface area contributed by atoms with Crippen molar-refractivity contribution in [1.82, 2.24) is 10.6 Å². The molecule has 1 amide bonds. The lowest BCUT2D eigenvalue weighted by Crippen LogP contribution is -2.51. The molecule has 0 bridgehead atoms. The van der Waals surface area contributed by atoms with E-state index in [0.29, 0.717) is 19.1 Å². The Kier molecular flexibility index (Phi) is 6.07. The summed E-state index contributed by atoms with van der Waals surface area (Å²) in [5.74, 6) is -0.137. The molecule has 0 aliphatic heterocycles. The van der Waals surface area contributed by atoms with Gasteiger partial charge in [0.25, 0.3) is 0 Å². The molecule has 0 aromatic heterocycles. The van der Waals surface area contributed by atoms with Gasteiger partial charge in [0.05, 0.1) is 19.8 Å². The molecular formula is C12H22N2O4. The van der Waals surface area contributed by atoms with Gasteiger partial charge >= 0.3 is 5.97 Å². The second kappa shape index (κ2) is 7.33. The predicted molar refractivity (Wildman–Crippen MR) is 66.0 cm³/mol. The van der Waals surface area contributed by atoms with Crippen molar-refractivity contribution in [2.45, 2.75) is 31.8 Å². The highest BCUT2D eigenvalue weighted by molar-refractivity contribution is 5.83. The van der Waals surface area contributed by atoms with Crippen LogP contribution in [-0.2, 0) is 19.1 Å². The highest BCUT2D eigenvalue weighted by Gasteiger charge is 2.38. The van der Waals surface area contributed by atoms with E-state index in [0.717, 1.165) is 12.8 Å². The lowest BCUT2D eigenvalue weighted by atomic mass is 10.1. The van der Waals surface area contributed by atoms with Crippen molar-refractivity contribution in [1.29, 1.82) is 0 Å². The summed E-state index contributed by atoms with van der Waals surface area (Å²) in [4.78, 5) is 23.3. The summed E-state index contributed by atoms with van der Waals surface area (Å²) in [5.41, 5.74) is 0. The maximum absolute atomic E-state index is 11.7. The van der Waals surface area contributed by atoms with Crippen molar-refractivity contribution in [2.75, 3.05) is 27.4 Å². The normalized spacial score (nSPS) is 17.9. The molecule has 0 aromatic carbocycles. The summed E-state index contributed by atoms with van der Waals surface area (Å²) < 4.78 is 9.59. The molecule has 0 radical (unpaired) electrons. The quantitative estimate of drug-likeness (QED) is 0.461. The molecule has 0 heterocycles. The summed E-state index contributed by atoms with van der Waals surface area (Å²) in [6, 6.07) is -0.801. The van der Waals surface area contributed by atoms with Crippen LogP contribution >= 0.6 is 0 Å². The van der Waals surface area contributed by atoms with E-state index < -0.39 is 6.04 Å². The Morgan fingerprint density at radius 2 is 2.00 bits per heavy atom. The Balaban J connectivity index is 2.38. The molecule has 2 atom stereocenters. The van der Waals surface area contributed by atoms with Gasteiger partial charge in [0.1, 0.15) is 6.04 Å². The summed E-state index contributed by atoms with van der Waals surface area (Å²) >= 11 is 0. The number of esters is 1. The highest BCUT2D eigenvalue weighted by atomic mass is 16.5. The average molecular weight is 258 g/mol. The molecule has 0 spiro atoms. The zero-order valence-corrected chi connectivity index (χ0v) is 11.2. The van der Waals surface area contributed by atoms with E-state index in [4.69, 9.17) is 9.47 Å². The van der Waals surface area contributed by atoms with Crippen LogP contribution in [0.1, 0.15) is 19.8 Å². The Hall–Kier alpha value is -1.14. The second-order valence-corrected chi connectivity index (χ2v) is 4.51. The molecule has 104 valence electrons. The van der Waals surface area contributed by atoms with Gasteiger partial charge in [-0.25, -0.2) is 0 Å². The number of carbonyl (C=O) groups is 2.